The van der Waals surface area contributed by atoms with Gasteiger partial charge in [0.05, 0.1) is 14.9 Å². The summed E-state index contributed by atoms with van der Waals surface area (Å²) >= 11 is 11.8. The molecule has 0 amide bonds. The van der Waals surface area contributed by atoms with Crippen LogP contribution in [0, 0.1) is 6.92 Å². The SMILES string of the molecule is Cc1ccc(Cl)c(OS(=O)(=O)c2cc(S(C)(=O)=O)ccc2Cl)c1. The van der Waals surface area contributed by atoms with Crippen LogP contribution in [0.3, 0.4) is 0 Å². The van der Waals surface area contributed by atoms with E-state index in [1.807, 2.05) is 0 Å². The van der Waals surface area contributed by atoms with Gasteiger partial charge in [-0.25, -0.2) is 8.42 Å². The van der Waals surface area contributed by atoms with Gasteiger partial charge in [-0.1, -0.05) is 29.3 Å². The Morgan fingerprint density at radius 1 is 0.913 bits per heavy atom. The van der Waals surface area contributed by atoms with Crippen molar-refractivity contribution in [1.82, 2.24) is 0 Å². The van der Waals surface area contributed by atoms with E-state index < -0.39 is 24.9 Å². The Labute approximate surface area is 144 Å². The van der Waals surface area contributed by atoms with Crippen LogP contribution in [0.15, 0.2) is 46.2 Å². The summed E-state index contributed by atoms with van der Waals surface area (Å²) in [6.45, 7) is 1.74. The van der Waals surface area contributed by atoms with Gasteiger partial charge in [-0.3, -0.25) is 0 Å². The maximum Gasteiger partial charge on any atom is 0.340 e. The lowest BCUT2D eigenvalue weighted by atomic mass is 10.2. The Balaban J connectivity index is 2.54. The first kappa shape index (κ1) is 18.1. The summed E-state index contributed by atoms with van der Waals surface area (Å²) in [5.74, 6) is -0.0625. The van der Waals surface area contributed by atoms with E-state index in [0.717, 1.165) is 17.9 Å². The van der Waals surface area contributed by atoms with E-state index in [0.29, 0.717) is 0 Å². The van der Waals surface area contributed by atoms with Crippen LogP contribution in [-0.2, 0) is 20.0 Å². The molecule has 0 aromatic heterocycles. The van der Waals surface area contributed by atoms with Crippen molar-refractivity contribution >= 4 is 43.2 Å². The third-order valence-corrected chi connectivity index (χ3v) is 6.03. The van der Waals surface area contributed by atoms with Crippen molar-refractivity contribution in [1.29, 1.82) is 0 Å². The highest BCUT2D eigenvalue weighted by Crippen LogP contribution is 2.31. The fourth-order valence-corrected chi connectivity index (χ4v) is 4.11. The molecule has 124 valence electrons. The van der Waals surface area contributed by atoms with Gasteiger partial charge >= 0.3 is 10.1 Å². The van der Waals surface area contributed by atoms with Crippen LogP contribution in [0.25, 0.3) is 0 Å². The van der Waals surface area contributed by atoms with Gasteiger partial charge in [0.2, 0.25) is 0 Å². The van der Waals surface area contributed by atoms with Crippen molar-refractivity contribution in [2.75, 3.05) is 6.26 Å². The maximum absolute atomic E-state index is 12.4. The van der Waals surface area contributed by atoms with Gasteiger partial charge in [0.25, 0.3) is 0 Å². The van der Waals surface area contributed by atoms with Crippen LogP contribution in [0.1, 0.15) is 5.56 Å². The molecule has 5 nitrogen and oxygen atoms in total. The van der Waals surface area contributed by atoms with Gasteiger partial charge in [0.1, 0.15) is 4.90 Å². The number of benzene rings is 2. The van der Waals surface area contributed by atoms with E-state index in [1.165, 1.54) is 24.3 Å². The molecule has 0 bridgehead atoms. The molecular formula is C14H12Cl2O5S2. The van der Waals surface area contributed by atoms with Gasteiger partial charge in [0, 0.05) is 6.26 Å². The summed E-state index contributed by atoms with van der Waals surface area (Å²) in [6.07, 6.45) is 0.963. The third kappa shape index (κ3) is 4.17. The fourth-order valence-electron chi connectivity index (χ4n) is 1.74. The molecule has 0 spiro atoms. The van der Waals surface area contributed by atoms with E-state index in [4.69, 9.17) is 27.4 Å². The van der Waals surface area contributed by atoms with Crippen molar-refractivity contribution < 1.29 is 21.0 Å². The van der Waals surface area contributed by atoms with E-state index in [2.05, 4.69) is 0 Å². The van der Waals surface area contributed by atoms with Crippen LogP contribution in [0.5, 0.6) is 5.75 Å². The minimum absolute atomic E-state index is 0.0625. The predicted molar refractivity (Wildman–Crippen MR) is 88.6 cm³/mol. The van der Waals surface area contributed by atoms with Crippen LogP contribution >= 0.6 is 23.2 Å². The first-order chi connectivity index (χ1) is 10.5. The third-order valence-electron chi connectivity index (χ3n) is 2.89. The number of aryl methyl sites for hydroxylation is 1. The second kappa shape index (κ2) is 6.32. The molecule has 0 aliphatic rings. The van der Waals surface area contributed by atoms with Crippen molar-refractivity contribution in [2.45, 2.75) is 16.7 Å². The number of hydrogen-bond acceptors (Lipinski definition) is 5. The Kier molecular flexibility index (Phi) is 4.96. The van der Waals surface area contributed by atoms with Crippen LogP contribution in [-0.4, -0.2) is 23.1 Å². The summed E-state index contributed by atoms with van der Waals surface area (Å²) in [5, 5.41) is -0.0456. The van der Waals surface area contributed by atoms with Crippen LogP contribution in [0.4, 0.5) is 0 Å². The molecule has 0 N–H and O–H groups in total. The maximum atomic E-state index is 12.4. The summed E-state index contributed by atoms with van der Waals surface area (Å²) in [6, 6.07) is 8.00. The minimum Gasteiger partial charge on any atom is -0.377 e. The average molecular weight is 395 g/mol. The molecule has 2 rings (SSSR count). The molecule has 0 saturated heterocycles. The second-order valence-corrected chi connectivity index (χ2v) is 9.18. The highest BCUT2D eigenvalue weighted by Gasteiger charge is 2.24. The molecule has 0 aliphatic heterocycles. The predicted octanol–water partition coefficient (Wildman–Crippen LogP) is 3.47. The van der Waals surface area contributed by atoms with Gasteiger partial charge in [-0.05, 0) is 42.8 Å². The van der Waals surface area contributed by atoms with E-state index in [9.17, 15) is 16.8 Å². The molecule has 0 radical (unpaired) electrons. The first-order valence-corrected chi connectivity index (χ1v) is 10.3. The Morgan fingerprint density at radius 3 is 2.13 bits per heavy atom. The second-order valence-electron chi connectivity index (χ2n) is 4.84. The highest BCUT2D eigenvalue weighted by atomic mass is 35.5. The molecule has 0 saturated carbocycles. The van der Waals surface area contributed by atoms with Gasteiger partial charge in [-0.2, -0.15) is 8.42 Å². The van der Waals surface area contributed by atoms with Crippen molar-refractivity contribution in [3.63, 3.8) is 0 Å². The van der Waals surface area contributed by atoms with E-state index in [-0.39, 0.29) is 20.7 Å². The topological polar surface area (TPSA) is 77.5 Å². The molecule has 0 unspecified atom stereocenters. The summed E-state index contributed by atoms with van der Waals surface area (Å²) < 4.78 is 53.0. The quantitative estimate of drug-likeness (QED) is 0.741. The van der Waals surface area contributed by atoms with Crippen LogP contribution in [0.2, 0.25) is 10.0 Å². The summed E-state index contributed by atoms with van der Waals surface area (Å²) in [5.41, 5.74) is 0.746. The number of rotatable bonds is 4. The van der Waals surface area contributed by atoms with Crippen LogP contribution < -0.4 is 4.18 Å². The molecule has 0 atom stereocenters. The summed E-state index contributed by atoms with van der Waals surface area (Å²) in [4.78, 5) is -0.626. The molecule has 2 aromatic carbocycles. The molecule has 9 heteroatoms. The highest BCUT2D eigenvalue weighted by molar-refractivity contribution is 7.90. The van der Waals surface area contributed by atoms with Crippen molar-refractivity contribution in [3.8, 4) is 5.75 Å². The molecule has 0 fully saturated rings. The lowest BCUT2D eigenvalue weighted by Crippen LogP contribution is -2.12. The molecule has 0 heterocycles. The number of hydrogen-bond donors (Lipinski definition) is 0. The van der Waals surface area contributed by atoms with Crippen molar-refractivity contribution in [2.24, 2.45) is 0 Å². The number of sulfone groups is 1. The number of halogens is 2. The normalized spacial score (nSPS) is 12.2. The monoisotopic (exact) mass is 394 g/mol. The first-order valence-electron chi connectivity index (χ1n) is 6.21. The largest absolute Gasteiger partial charge is 0.377 e. The Morgan fingerprint density at radius 2 is 1.52 bits per heavy atom. The molecule has 23 heavy (non-hydrogen) atoms. The molecular weight excluding hydrogens is 383 g/mol. The van der Waals surface area contributed by atoms with E-state index in [1.54, 1.807) is 13.0 Å². The van der Waals surface area contributed by atoms with Crippen molar-refractivity contribution in [3.05, 3.63) is 52.0 Å². The zero-order valence-corrected chi connectivity index (χ0v) is 15.2. The molecule has 2 aromatic rings. The van der Waals surface area contributed by atoms with E-state index >= 15 is 0 Å². The summed E-state index contributed by atoms with van der Waals surface area (Å²) in [7, 11) is -7.94. The van der Waals surface area contributed by atoms with Gasteiger partial charge in [-0.15, -0.1) is 0 Å². The minimum atomic E-state index is -4.35. The standard InChI is InChI=1S/C14H12Cl2O5S2/c1-9-3-5-11(15)13(7-9)21-23(19,20)14-8-10(22(2,17)18)4-6-12(14)16/h3-8H,1-2H3. The Hall–Kier alpha value is -1.28. The smallest absolute Gasteiger partial charge is 0.340 e. The zero-order chi connectivity index (χ0) is 17.4. The molecule has 0 aliphatic carbocycles. The average Bonchev–Trinajstić information content (AvgIpc) is 2.41. The Bertz CT molecular complexity index is 967. The van der Waals surface area contributed by atoms with Gasteiger partial charge in [0.15, 0.2) is 15.6 Å². The lowest BCUT2D eigenvalue weighted by Gasteiger charge is -2.11. The zero-order valence-electron chi connectivity index (χ0n) is 12.1. The lowest BCUT2D eigenvalue weighted by molar-refractivity contribution is 0.486. The van der Waals surface area contributed by atoms with Gasteiger partial charge < -0.3 is 4.18 Å². The fraction of sp³-hybridized carbons (Fsp3) is 0.143.